The number of hydrogen-bond donors (Lipinski definition) is 2. The Morgan fingerprint density at radius 1 is 1.12 bits per heavy atom. The predicted molar refractivity (Wildman–Crippen MR) is 99.7 cm³/mol. The molecule has 0 fully saturated rings. The zero-order valence-corrected chi connectivity index (χ0v) is 15.0. The lowest BCUT2D eigenvalue weighted by molar-refractivity contribution is -0.120. The molecule has 1 unspecified atom stereocenters. The molecule has 2 N–H and O–H groups in total. The first-order chi connectivity index (χ1) is 12.4. The number of amides is 2. The van der Waals surface area contributed by atoms with Gasteiger partial charge in [0.15, 0.2) is 11.5 Å². The topological polar surface area (TPSA) is 84.2 Å². The number of oxazole rings is 1. The standard InChI is InChI=1S/C20H21N3O3/c1-12-4-6-15(7-5-12)17(21-13(2)24)11-20(25)23-16-8-9-19-18(10-16)22-14(3)26-19/h4-10,17H,11H2,1-3H3,(H,21,24)(H,23,25). The van der Waals surface area contributed by atoms with E-state index in [-0.39, 0.29) is 24.3 Å². The van der Waals surface area contributed by atoms with Crippen LogP contribution in [-0.4, -0.2) is 16.8 Å². The van der Waals surface area contributed by atoms with Gasteiger partial charge < -0.3 is 15.1 Å². The van der Waals surface area contributed by atoms with Crippen molar-refractivity contribution < 1.29 is 14.0 Å². The van der Waals surface area contributed by atoms with Crippen molar-refractivity contribution in [3.8, 4) is 0 Å². The van der Waals surface area contributed by atoms with Crippen LogP contribution in [0.5, 0.6) is 0 Å². The molecular formula is C20H21N3O3. The van der Waals surface area contributed by atoms with Crippen LogP contribution in [0.15, 0.2) is 46.9 Å². The van der Waals surface area contributed by atoms with Crippen molar-refractivity contribution in [2.24, 2.45) is 0 Å². The van der Waals surface area contributed by atoms with Gasteiger partial charge in [-0.3, -0.25) is 9.59 Å². The van der Waals surface area contributed by atoms with Gasteiger partial charge in [-0.25, -0.2) is 4.98 Å². The second-order valence-electron chi connectivity index (χ2n) is 6.33. The van der Waals surface area contributed by atoms with Gasteiger partial charge in [0.05, 0.1) is 12.5 Å². The summed E-state index contributed by atoms with van der Waals surface area (Å²) >= 11 is 0. The van der Waals surface area contributed by atoms with Crippen LogP contribution in [0.3, 0.4) is 0 Å². The van der Waals surface area contributed by atoms with Crippen molar-refractivity contribution >= 4 is 28.6 Å². The molecule has 0 aliphatic carbocycles. The Kier molecular flexibility index (Phi) is 5.02. The number of carbonyl (C=O) groups excluding carboxylic acids is 2. The fraction of sp³-hybridized carbons (Fsp3) is 0.250. The highest BCUT2D eigenvalue weighted by atomic mass is 16.3. The first-order valence-corrected chi connectivity index (χ1v) is 8.41. The highest BCUT2D eigenvalue weighted by Gasteiger charge is 2.17. The van der Waals surface area contributed by atoms with Crippen LogP contribution in [0.1, 0.15) is 36.4 Å². The third-order valence-electron chi connectivity index (χ3n) is 4.02. The Labute approximate surface area is 151 Å². The SMILES string of the molecule is CC(=O)NC(CC(=O)Nc1ccc2oc(C)nc2c1)c1ccc(C)cc1. The average molecular weight is 351 g/mol. The van der Waals surface area contributed by atoms with Gasteiger partial charge in [-0.1, -0.05) is 29.8 Å². The van der Waals surface area contributed by atoms with Gasteiger partial charge in [0.2, 0.25) is 11.8 Å². The fourth-order valence-corrected chi connectivity index (χ4v) is 2.81. The van der Waals surface area contributed by atoms with Crippen LogP contribution in [0, 0.1) is 13.8 Å². The van der Waals surface area contributed by atoms with Crippen LogP contribution >= 0.6 is 0 Å². The van der Waals surface area contributed by atoms with Gasteiger partial charge in [-0.2, -0.15) is 0 Å². The van der Waals surface area contributed by atoms with Crippen LogP contribution in [0.25, 0.3) is 11.1 Å². The summed E-state index contributed by atoms with van der Waals surface area (Å²) in [5.74, 6) is 0.209. The minimum Gasteiger partial charge on any atom is -0.441 e. The lowest BCUT2D eigenvalue weighted by Crippen LogP contribution is -2.29. The van der Waals surface area contributed by atoms with E-state index in [9.17, 15) is 9.59 Å². The average Bonchev–Trinajstić information content (AvgIpc) is 2.93. The summed E-state index contributed by atoms with van der Waals surface area (Å²) in [6.07, 6.45) is 0.137. The molecule has 0 saturated carbocycles. The molecule has 3 rings (SSSR count). The Bertz CT molecular complexity index is 945. The normalized spacial score (nSPS) is 12.0. The van der Waals surface area contributed by atoms with Crippen LogP contribution < -0.4 is 10.6 Å². The van der Waals surface area contributed by atoms with Gasteiger partial charge in [0, 0.05) is 19.5 Å². The molecule has 0 bridgehead atoms. The molecule has 2 aromatic carbocycles. The molecule has 0 aliphatic rings. The molecule has 0 radical (unpaired) electrons. The van der Waals surface area contributed by atoms with Gasteiger partial charge in [0.1, 0.15) is 5.52 Å². The number of nitrogens with zero attached hydrogens (tertiary/aromatic N) is 1. The van der Waals surface area contributed by atoms with Crippen molar-refractivity contribution in [3.63, 3.8) is 0 Å². The second kappa shape index (κ2) is 7.39. The number of fused-ring (bicyclic) bond motifs is 1. The number of aromatic nitrogens is 1. The first kappa shape index (κ1) is 17.7. The van der Waals surface area contributed by atoms with Crippen LogP contribution in [0.2, 0.25) is 0 Å². The molecule has 0 aliphatic heterocycles. The minimum absolute atomic E-state index is 0.137. The molecular weight excluding hydrogens is 330 g/mol. The van der Waals surface area contributed by atoms with Crippen molar-refractivity contribution in [1.82, 2.24) is 10.3 Å². The number of anilines is 1. The lowest BCUT2D eigenvalue weighted by atomic mass is 10.0. The largest absolute Gasteiger partial charge is 0.441 e. The number of nitrogens with one attached hydrogen (secondary N) is 2. The fourth-order valence-electron chi connectivity index (χ4n) is 2.81. The van der Waals surface area contributed by atoms with E-state index < -0.39 is 0 Å². The summed E-state index contributed by atoms with van der Waals surface area (Å²) in [6, 6.07) is 12.7. The molecule has 6 nitrogen and oxygen atoms in total. The summed E-state index contributed by atoms with van der Waals surface area (Å²) in [7, 11) is 0. The number of carbonyl (C=O) groups is 2. The highest BCUT2D eigenvalue weighted by molar-refractivity contribution is 5.93. The van der Waals surface area contributed by atoms with E-state index in [0.29, 0.717) is 22.7 Å². The van der Waals surface area contributed by atoms with Crippen molar-refractivity contribution in [3.05, 3.63) is 59.5 Å². The molecule has 2 amide bonds. The quantitative estimate of drug-likeness (QED) is 0.735. The van der Waals surface area contributed by atoms with Gasteiger partial charge in [-0.15, -0.1) is 0 Å². The zero-order chi connectivity index (χ0) is 18.7. The van der Waals surface area contributed by atoms with E-state index in [1.165, 1.54) is 6.92 Å². The van der Waals surface area contributed by atoms with E-state index in [2.05, 4.69) is 15.6 Å². The smallest absolute Gasteiger partial charge is 0.226 e. The molecule has 134 valence electrons. The Morgan fingerprint density at radius 2 is 1.85 bits per heavy atom. The van der Waals surface area contributed by atoms with Crippen LogP contribution in [0.4, 0.5) is 5.69 Å². The summed E-state index contributed by atoms with van der Waals surface area (Å²) < 4.78 is 5.43. The van der Waals surface area contributed by atoms with E-state index in [1.807, 2.05) is 31.2 Å². The van der Waals surface area contributed by atoms with E-state index in [4.69, 9.17) is 4.42 Å². The number of benzene rings is 2. The van der Waals surface area contributed by atoms with E-state index in [0.717, 1.165) is 11.1 Å². The number of aryl methyl sites for hydroxylation is 2. The molecule has 26 heavy (non-hydrogen) atoms. The first-order valence-electron chi connectivity index (χ1n) is 8.41. The monoisotopic (exact) mass is 351 g/mol. The van der Waals surface area contributed by atoms with Crippen LogP contribution in [-0.2, 0) is 9.59 Å². The highest BCUT2D eigenvalue weighted by Crippen LogP contribution is 2.22. The minimum atomic E-state index is -0.383. The molecule has 1 atom stereocenters. The van der Waals surface area contributed by atoms with Gasteiger partial charge in [-0.05, 0) is 30.7 Å². The number of hydrogen-bond acceptors (Lipinski definition) is 4. The summed E-state index contributed by atoms with van der Waals surface area (Å²) in [6.45, 7) is 5.21. The summed E-state index contributed by atoms with van der Waals surface area (Å²) in [5, 5.41) is 5.69. The van der Waals surface area contributed by atoms with Crippen molar-refractivity contribution in [2.75, 3.05) is 5.32 Å². The third-order valence-corrected chi connectivity index (χ3v) is 4.02. The maximum atomic E-state index is 12.5. The second-order valence-corrected chi connectivity index (χ2v) is 6.33. The van der Waals surface area contributed by atoms with Gasteiger partial charge in [0.25, 0.3) is 0 Å². The van der Waals surface area contributed by atoms with Gasteiger partial charge >= 0.3 is 0 Å². The van der Waals surface area contributed by atoms with E-state index >= 15 is 0 Å². The molecule has 0 saturated heterocycles. The zero-order valence-electron chi connectivity index (χ0n) is 15.0. The molecule has 3 aromatic rings. The summed E-state index contributed by atoms with van der Waals surface area (Å²) in [5.41, 5.74) is 4.02. The third kappa shape index (κ3) is 4.27. The Morgan fingerprint density at radius 3 is 2.54 bits per heavy atom. The van der Waals surface area contributed by atoms with Crippen molar-refractivity contribution in [2.45, 2.75) is 33.2 Å². The molecule has 1 aromatic heterocycles. The predicted octanol–water partition coefficient (Wildman–Crippen LogP) is 3.65. The maximum Gasteiger partial charge on any atom is 0.226 e. The number of rotatable bonds is 5. The molecule has 0 spiro atoms. The Balaban J connectivity index is 1.73. The Hall–Kier alpha value is -3.15. The lowest BCUT2D eigenvalue weighted by Gasteiger charge is -2.18. The van der Waals surface area contributed by atoms with Crippen molar-refractivity contribution in [1.29, 1.82) is 0 Å². The maximum absolute atomic E-state index is 12.5. The van der Waals surface area contributed by atoms with E-state index in [1.54, 1.807) is 25.1 Å². The molecule has 6 heteroatoms. The summed E-state index contributed by atoms with van der Waals surface area (Å²) in [4.78, 5) is 28.3. The molecule has 1 heterocycles.